The van der Waals surface area contributed by atoms with E-state index in [1.54, 1.807) is 31.5 Å². The van der Waals surface area contributed by atoms with E-state index in [0.29, 0.717) is 12.1 Å². The van der Waals surface area contributed by atoms with Gasteiger partial charge in [-0.3, -0.25) is 9.69 Å². The highest BCUT2D eigenvalue weighted by molar-refractivity contribution is 5.91. The van der Waals surface area contributed by atoms with Crippen molar-refractivity contribution in [2.75, 3.05) is 56.1 Å². The van der Waals surface area contributed by atoms with Crippen LogP contribution in [0.1, 0.15) is 42.4 Å². The maximum absolute atomic E-state index is 12.2. The molecule has 3 atom stereocenters. The van der Waals surface area contributed by atoms with Crippen LogP contribution in [-0.4, -0.2) is 84.0 Å². The highest BCUT2D eigenvalue weighted by Gasteiger charge is 2.34. The molecular weight excluding hydrogens is 552 g/mol. The lowest BCUT2D eigenvalue weighted by molar-refractivity contribution is -0.253. The Labute approximate surface area is 251 Å². The number of amides is 2. The van der Waals surface area contributed by atoms with Crippen LogP contribution in [0.5, 0.6) is 0 Å². The number of piperazine rings is 1. The first-order chi connectivity index (χ1) is 21.0. The predicted octanol–water partition coefficient (Wildman–Crippen LogP) is 3.02. The molecule has 3 aromatic rings. The molecule has 2 saturated heterocycles. The maximum Gasteiger partial charge on any atom is 0.325 e. The van der Waals surface area contributed by atoms with Crippen LogP contribution >= 0.6 is 0 Å². The molecule has 2 amide bonds. The monoisotopic (exact) mass is 590 g/mol. The Balaban J connectivity index is 1.23. The van der Waals surface area contributed by atoms with Crippen molar-refractivity contribution < 1.29 is 28.9 Å². The Hall–Kier alpha value is -4.10. The standard InChI is InChI=1S/C31H38N6O6/c1-2-41-28(39)19-34-31(40)35-25-10-8-24(9-11-25)29-42-26(18-27(43-29)23-6-4-22(21-38)5-7-23)20-36-14-16-37(17-15-36)30-32-12-3-13-33-30/h3-13,26-27,29,38H,2,14-21H2,1H3,(H2,34,35,40)/t26-,27+,29+/m1/s1. The fourth-order valence-corrected chi connectivity index (χ4v) is 5.17. The predicted molar refractivity (Wildman–Crippen MR) is 159 cm³/mol. The number of hydrogen-bond acceptors (Lipinski definition) is 10. The molecule has 2 aromatic carbocycles. The summed E-state index contributed by atoms with van der Waals surface area (Å²) < 4.78 is 17.8. The van der Waals surface area contributed by atoms with Gasteiger partial charge in [-0.1, -0.05) is 36.4 Å². The normalized spacial score (nSPS) is 20.8. The van der Waals surface area contributed by atoms with Gasteiger partial charge in [-0.25, -0.2) is 14.8 Å². The molecular formula is C31H38N6O6. The highest BCUT2D eigenvalue weighted by Crippen LogP contribution is 2.38. The molecule has 0 saturated carbocycles. The molecule has 0 bridgehead atoms. The van der Waals surface area contributed by atoms with Crippen molar-refractivity contribution in [2.24, 2.45) is 0 Å². The van der Waals surface area contributed by atoms with Crippen LogP contribution in [0, 0.1) is 0 Å². The quantitative estimate of drug-likeness (QED) is 0.302. The van der Waals surface area contributed by atoms with Gasteiger partial charge >= 0.3 is 12.0 Å². The number of esters is 1. The molecule has 1 aromatic heterocycles. The first kappa shape index (κ1) is 30.4. The largest absolute Gasteiger partial charge is 0.465 e. The van der Waals surface area contributed by atoms with E-state index in [-0.39, 0.29) is 32.0 Å². The van der Waals surface area contributed by atoms with Gasteiger partial charge in [-0.2, -0.15) is 0 Å². The molecule has 0 spiro atoms. The Morgan fingerprint density at radius 3 is 2.35 bits per heavy atom. The summed E-state index contributed by atoms with van der Waals surface area (Å²) in [5.74, 6) is 0.257. The third-order valence-corrected chi connectivity index (χ3v) is 7.42. The molecule has 12 nitrogen and oxygen atoms in total. The molecule has 3 N–H and O–H groups in total. The fraction of sp³-hybridized carbons (Fsp3) is 0.419. The van der Waals surface area contributed by atoms with Gasteiger partial charge in [0, 0.05) is 62.8 Å². The van der Waals surface area contributed by atoms with Gasteiger partial charge in [-0.15, -0.1) is 0 Å². The maximum atomic E-state index is 12.2. The van der Waals surface area contributed by atoms with Crippen LogP contribution in [-0.2, 0) is 25.6 Å². The van der Waals surface area contributed by atoms with E-state index in [4.69, 9.17) is 14.2 Å². The van der Waals surface area contributed by atoms with Crippen molar-refractivity contribution in [1.82, 2.24) is 20.2 Å². The van der Waals surface area contributed by atoms with Gasteiger partial charge in [0.05, 0.1) is 25.4 Å². The molecule has 0 unspecified atom stereocenters. The minimum atomic E-state index is -0.605. The third kappa shape index (κ3) is 8.48. The lowest BCUT2D eigenvalue weighted by Crippen LogP contribution is -2.50. The third-order valence-electron chi connectivity index (χ3n) is 7.42. The van der Waals surface area contributed by atoms with E-state index in [9.17, 15) is 14.7 Å². The van der Waals surface area contributed by atoms with Gasteiger partial charge in [0.25, 0.3) is 0 Å². The molecule has 12 heteroatoms. The van der Waals surface area contributed by atoms with Crippen molar-refractivity contribution in [3.8, 4) is 0 Å². The molecule has 2 aliphatic rings. The van der Waals surface area contributed by atoms with Gasteiger partial charge in [0.1, 0.15) is 6.54 Å². The highest BCUT2D eigenvalue weighted by atomic mass is 16.7. The van der Waals surface area contributed by atoms with Crippen LogP contribution in [0.15, 0.2) is 67.0 Å². The van der Waals surface area contributed by atoms with Crippen LogP contribution in [0.2, 0.25) is 0 Å². The molecule has 3 heterocycles. The van der Waals surface area contributed by atoms with Crippen LogP contribution in [0.25, 0.3) is 0 Å². The van der Waals surface area contributed by atoms with Gasteiger partial charge in [0.2, 0.25) is 5.95 Å². The minimum Gasteiger partial charge on any atom is -0.465 e. The van der Waals surface area contributed by atoms with Crippen molar-refractivity contribution in [2.45, 2.75) is 38.4 Å². The van der Waals surface area contributed by atoms with E-state index < -0.39 is 18.3 Å². The van der Waals surface area contributed by atoms with E-state index >= 15 is 0 Å². The number of aliphatic hydroxyl groups excluding tert-OH is 1. The van der Waals surface area contributed by atoms with E-state index in [2.05, 4.69) is 30.4 Å². The number of benzene rings is 2. The fourth-order valence-electron chi connectivity index (χ4n) is 5.17. The summed E-state index contributed by atoms with van der Waals surface area (Å²) in [6.07, 6.45) is 3.35. The number of urea groups is 1. The Morgan fingerprint density at radius 2 is 1.67 bits per heavy atom. The number of rotatable bonds is 10. The number of nitrogens with zero attached hydrogens (tertiary/aromatic N) is 4. The van der Waals surface area contributed by atoms with Crippen LogP contribution in [0.3, 0.4) is 0 Å². The van der Waals surface area contributed by atoms with Gasteiger partial charge < -0.3 is 34.9 Å². The number of aromatic nitrogens is 2. The van der Waals surface area contributed by atoms with Crippen LogP contribution in [0.4, 0.5) is 16.4 Å². The summed E-state index contributed by atoms with van der Waals surface area (Å²) in [5.41, 5.74) is 3.26. The summed E-state index contributed by atoms with van der Waals surface area (Å²) in [4.78, 5) is 37.0. The smallest absolute Gasteiger partial charge is 0.325 e. The first-order valence-electron chi connectivity index (χ1n) is 14.6. The second-order valence-corrected chi connectivity index (χ2v) is 10.4. The van der Waals surface area contributed by atoms with E-state index in [1.807, 2.05) is 42.5 Å². The molecule has 43 heavy (non-hydrogen) atoms. The summed E-state index contributed by atoms with van der Waals surface area (Å²) in [5, 5.41) is 14.7. The number of ether oxygens (including phenoxy) is 3. The molecule has 228 valence electrons. The Kier molecular flexibility index (Phi) is 10.5. The molecule has 2 fully saturated rings. The van der Waals surface area contributed by atoms with Crippen molar-refractivity contribution in [3.05, 3.63) is 83.7 Å². The number of hydrogen-bond donors (Lipinski definition) is 3. The SMILES string of the molecule is CCOC(=O)CNC(=O)Nc1ccc([C@H]2O[C@@H](CN3CCN(c4ncccn4)CC3)C[C@@H](c3ccc(CO)cc3)O2)cc1. The second-order valence-electron chi connectivity index (χ2n) is 10.4. The number of aliphatic hydroxyl groups is 1. The summed E-state index contributed by atoms with van der Waals surface area (Å²) >= 11 is 0. The average Bonchev–Trinajstić information content (AvgIpc) is 3.05. The number of anilines is 2. The van der Waals surface area contributed by atoms with E-state index in [1.165, 1.54) is 0 Å². The van der Waals surface area contributed by atoms with Crippen LogP contribution < -0.4 is 15.5 Å². The summed E-state index contributed by atoms with van der Waals surface area (Å²) in [7, 11) is 0. The zero-order valence-corrected chi connectivity index (χ0v) is 24.2. The molecule has 5 rings (SSSR count). The average molecular weight is 591 g/mol. The first-order valence-corrected chi connectivity index (χ1v) is 14.6. The number of carbonyl (C=O) groups is 2. The topological polar surface area (TPSA) is 138 Å². The van der Waals surface area contributed by atoms with Crippen molar-refractivity contribution in [3.63, 3.8) is 0 Å². The van der Waals surface area contributed by atoms with Gasteiger partial charge in [0.15, 0.2) is 6.29 Å². The lowest BCUT2D eigenvalue weighted by Gasteiger charge is -2.40. The molecule has 2 aliphatic heterocycles. The van der Waals surface area contributed by atoms with Crippen molar-refractivity contribution >= 4 is 23.6 Å². The zero-order chi connectivity index (χ0) is 30.0. The van der Waals surface area contributed by atoms with Gasteiger partial charge in [-0.05, 0) is 36.2 Å². The Morgan fingerprint density at radius 1 is 0.977 bits per heavy atom. The number of carbonyl (C=O) groups excluding carboxylic acids is 2. The van der Waals surface area contributed by atoms with Crippen molar-refractivity contribution in [1.29, 1.82) is 0 Å². The van der Waals surface area contributed by atoms with E-state index in [0.717, 1.165) is 55.4 Å². The summed E-state index contributed by atoms with van der Waals surface area (Å²) in [6.45, 7) is 5.92. The lowest BCUT2D eigenvalue weighted by atomic mass is 9.99. The Bertz CT molecular complexity index is 1320. The number of nitrogens with one attached hydrogen (secondary N) is 2. The minimum absolute atomic E-state index is 0.0125. The summed E-state index contributed by atoms with van der Waals surface area (Å²) in [6, 6.07) is 16.4. The molecule has 0 aliphatic carbocycles. The molecule has 0 radical (unpaired) electrons. The zero-order valence-electron chi connectivity index (χ0n) is 24.2. The second kappa shape index (κ2) is 14.9.